The zero-order valence-corrected chi connectivity index (χ0v) is 11.4. The zero-order chi connectivity index (χ0) is 15.5. The van der Waals surface area contributed by atoms with Crippen LogP contribution in [0.3, 0.4) is 0 Å². The Morgan fingerprint density at radius 1 is 1.40 bits per heavy atom. The van der Waals surface area contributed by atoms with Gasteiger partial charge in [-0.2, -0.15) is 13.2 Å². The first-order chi connectivity index (χ1) is 9.16. The van der Waals surface area contributed by atoms with Gasteiger partial charge in [0.15, 0.2) is 6.10 Å². The molecule has 0 bridgehead atoms. The van der Waals surface area contributed by atoms with Gasteiger partial charge in [-0.15, -0.1) is 0 Å². The third-order valence-electron chi connectivity index (χ3n) is 2.62. The molecule has 0 aromatic heterocycles. The molecule has 1 N–H and O–H groups in total. The predicted molar refractivity (Wildman–Crippen MR) is 66.2 cm³/mol. The summed E-state index contributed by atoms with van der Waals surface area (Å²) in [5, 5.41) is 8.89. The summed E-state index contributed by atoms with van der Waals surface area (Å²) < 4.78 is 43.9. The van der Waals surface area contributed by atoms with E-state index in [1.165, 1.54) is 32.0 Å². The molecular weight excluding hydrogens is 275 g/mol. The molecule has 7 heteroatoms. The summed E-state index contributed by atoms with van der Waals surface area (Å²) in [4.78, 5) is 12.8. The standard InChI is InChI=1S/C13H16F3NO3/c1-8(12(19)17(2)3)20-11-5-4-9(7-18)6-10(11)13(14,15)16/h4-6,8,18H,7H2,1-3H3. The highest BCUT2D eigenvalue weighted by Crippen LogP contribution is 2.37. The molecule has 0 saturated carbocycles. The normalized spacial score (nSPS) is 12.9. The number of ether oxygens (including phenoxy) is 1. The molecule has 0 aliphatic rings. The van der Waals surface area contributed by atoms with Crippen molar-refractivity contribution in [2.75, 3.05) is 14.1 Å². The van der Waals surface area contributed by atoms with Crippen LogP contribution in [-0.4, -0.2) is 36.1 Å². The fraction of sp³-hybridized carbons (Fsp3) is 0.462. The van der Waals surface area contributed by atoms with Gasteiger partial charge in [0.2, 0.25) is 0 Å². The van der Waals surface area contributed by atoms with Gasteiger partial charge in [-0.3, -0.25) is 4.79 Å². The van der Waals surface area contributed by atoms with Crippen LogP contribution in [0.1, 0.15) is 18.1 Å². The largest absolute Gasteiger partial charge is 0.480 e. The second-order valence-electron chi connectivity index (χ2n) is 4.48. The molecule has 20 heavy (non-hydrogen) atoms. The van der Waals surface area contributed by atoms with Crippen LogP contribution in [-0.2, 0) is 17.6 Å². The zero-order valence-electron chi connectivity index (χ0n) is 11.4. The number of rotatable bonds is 4. The van der Waals surface area contributed by atoms with E-state index < -0.39 is 36.1 Å². The molecule has 0 heterocycles. The van der Waals surface area contributed by atoms with E-state index in [9.17, 15) is 18.0 Å². The third kappa shape index (κ3) is 3.86. The van der Waals surface area contributed by atoms with Crippen LogP contribution in [0.25, 0.3) is 0 Å². The lowest BCUT2D eigenvalue weighted by Gasteiger charge is -2.21. The van der Waals surface area contributed by atoms with Crippen molar-refractivity contribution in [3.8, 4) is 5.75 Å². The minimum Gasteiger partial charge on any atom is -0.480 e. The molecule has 0 aliphatic carbocycles. The quantitative estimate of drug-likeness (QED) is 0.923. The Morgan fingerprint density at radius 2 is 2.00 bits per heavy atom. The second-order valence-corrected chi connectivity index (χ2v) is 4.48. The molecule has 1 aromatic rings. The molecule has 0 saturated heterocycles. The number of carbonyl (C=O) groups is 1. The molecule has 0 fully saturated rings. The maximum Gasteiger partial charge on any atom is 0.419 e. The number of hydrogen-bond acceptors (Lipinski definition) is 3. The van der Waals surface area contributed by atoms with Gasteiger partial charge in [0.05, 0.1) is 12.2 Å². The van der Waals surface area contributed by atoms with Crippen molar-refractivity contribution in [3.63, 3.8) is 0 Å². The van der Waals surface area contributed by atoms with Crippen LogP contribution in [0, 0.1) is 0 Å². The van der Waals surface area contributed by atoms with Crippen LogP contribution < -0.4 is 4.74 Å². The first-order valence-electron chi connectivity index (χ1n) is 5.85. The number of nitrogens with zero attached hydrogens (tertiary/aromatic N) is 1. The van der Waals surface area contributed by atoms with Crippen molar-refractivity contribution in [2.24, 2.45) is 0 Å². The van der Waals surface area contributed by atoms with Crippen molar-refractivity contribution >= 4 is 5.91 Å². The molecule has 4 nitrogen and oxygen atoms in total. The number of carbonyl (C=O) groups excluding carboxylic acids is 1. The number of amides is 1. The van der Waals surface area contributed by atoms with E-state index in [4.69, 9.17) is 9.84 Å². The van der Waals surface area contributed by atoms with Gasteiger partial charge in [-0.25, -0.2) is 0 Å². The molecular formula is C13H16F3NO3. The fourth-order valence-electron chi connectivity index (χ4n) is 1.60. The van der Waals surface area contributed by atoms with E-state index in [1.54, 1.807) is 0 Å². The van der Waals surface area contributed by atoms with Crippen molar-refractivity contribution in [1.29, 1.82) is 0 Å². The maximum atomic E-state index is 12.9. The van der Waals surface area contributed by atoms with Gasteiger partial charge in [0.1, 0.15) is 5.75 Å². The SMILES string of the molecule is CC(Oc1ccc(CO)cc1C(F)(F)F)C(=O)N(C)C. The Labute approximate surface area is 114 Å². The fourth-order valence-corrected chi connectivity index (χ4v) is 1.60. The van der Waals surface area contributed by atoms with Crippen LogP contribution in [0.15, 0.2) is 18.2 Å². The highest BCUT2D eigenvalue weighted by Gasteiger charge is 2.35. The Hall–Kier alpha value is -1.76. The van der Waals surface area contributed by atoms with Crippen LogP contribution >= 0.6 is 0 Å². The number of aliphatic hydroxyl groups excluding tert-OH is 1. The van der Waals surface area contributed by atoms with E-state index in [-0.39, 0.29) is 5.56 Å². The Morgan fingerprint density at radius 3 is 2.45 bits per heavy atom. The van der Waals surface area contributed by atoms with Gasteiger partial charge in [0, 0.05) is 14.1 Å². The number of hydrogen-bond donors (Lipinski definition) is 1. The molecule has 0 spiro atoms. The van der Waals surface area contributed by atoms with E-state index in [0.29, 0.717) is 0 Å². The van der Waals surface area contributed by atoms with Gasteiger partial charge in [-0.1, -0.05) is 6.07 Å². The van der Waals surface area contributed by atoms with Gasteiger partial charge >= 0.3 is 6.18 Å². The molecule has 1 atom stereocenters. The first kappa shape index (κ1) is 16.3. The van der Waals surface area contributed by atoms with E-state index in [0.717, 1.165) is 12.1 Å². The number of halogens is 3. The van der Waals surface area contributed by atoms with Crippen LogP contribution in [0.4, 0.5) is 13.2 Å². The topological polar surface area (TPSA) is 49.8 Å². The minimum atomic E-state index is -4.62. The van der Waals surface area contributed by atoms with E-state index in [1.807, 2.05) is 0 Å². The van der Waals surface area contributed by atoms with Gasteiger partial charge in [-0.05, 0) is 24.6 Å². The Balaban J connectivity index is 3.09. The van der Waals surface area contributed by atoms with Crippen LogP contribution in [0.5, 0.6) is 5.75 Å². The van der Waals surface area contributed by atoms with Gasteiger partial charge in [0.25, 0.3) is 5.91 Å². The smallest absolute Gasteiger partial charge is 0.419 e. The average Bonchev–Trinajstić information content (AvgIpc) is 2.36. The highest BCUT2D eigenvalue weighted by molar-refractivity contribution is 5.80. The number of aliphatic hydroxyl groups is 1. The first-order valence-corrected chi connectivity index (χ1v) is 5.85. The molecule has 1 unspecified atom stereocenters. The highest BCUT2D eigenvalue weighted by atomic mass is 19.4. The molecule has 0 aliphatic heterocycles. The number of alkyl halides is 3. The van der Waals surface area contributed by atoms with Gasteiger partial charge < -0.3 is 14.7 Å². The monoisotopic (exact) mass is 291 g/mol. The summed E-state index contributed by atoms with van der Waals surface area (Å²) in [5.74, 6) is -0.873. The third-order valence-corrected chi connectivity index (χ3v) is 2.62. The summed E-state index contributed by atoms with van der Waals surface area (Å²) in [6.45, 7) is 0.873. The van der Waals surface area contributed by atoms with Crippen molar-refractivity contribution < 1.29 is 27.8 Å². The summed E-state index contributed by atoms with van der Waals surface area (Å²) in [6.07, 6.45) is -5.66. The van der Waals surface area contributed by atoms with E-state index in [2.05, 4.69) is 0 Å². The average molecular weight is 291 g/mol. The van der Waals surface area contributed by atoms with Crippen molar-refractivity contribution in [3.05, 3.63) is 29.3 Å². The molecule has 112 valence electrons. The second kappa shape index (κ2) is 6.13. The predicted octanol–water partition coefficient (Wildman–Crippen LogP) is 2.05. The minimum absolute atomic E-state index is 0.122. The molecule has 0 radical (unpaired) electrons. The number of likely N-dealkylation sites (N-methyl/N-ethyl adjacent to an activating group) is 1. The molecule has 1 amide bonds. The summed E-state index contributed by atoms with van der Waals surface area (Å²) in [5.41, 5.74) is -0.890. The lowest BCUT2D eigenvalue weighted by molar-refractivity contribution is -0.142. The summed E-state index contributed by atoms with van der Waals surface area (Å²) in [6, 6.07) is 3.23. The van der Waals surface area contributed by atoms with Crippen molar-refractivity contribution in [1.82, 2.24) is 4.90 Å². The lowest BCUT2D eigenvalue weighted by atomic mass is 10.1. The maximum absolute atomic E-state index is 12.9. The Bertz CT molecular complexity index is 486. The van der Waals surface area contributed by atoms with Crippen molar-refractivity contribution in [2.45, 2.75) is 25.8 Å². The molecule has 1 aromatic carbocycles. The number of benzene rings is 1. The van der Waals surface area contributed by atoms with E-state index >= 15 is 0 Å². The summed E-state index contributed by atoms with van der Waals surface area (Å²) in [7, 11) is 2.98. The summed E-state index contributed by atoms with van der Waals surface area (Å²) >= 11 is 0. The lowest BCUT2D eigenvalue weighted by Crippen LogP contribution is -2.35. The van der Waals surface area contributed by atoms with Crippen LogP contribution in [0.2, 0.25) is 0 Å². The molecule has 1 rings (SSSR count). The Kier molecular flexibility index (Phi) is 4.99.